The molecule has 1 aliphatic rings. The third kappa shape index (κ3) is 2.52. The van der Waals surface area contributed by atoms with Crippen LogP contribution in [0.1, 0.15) is 25.3 Å². The molecule has 1 amide bonds. The predicted molar refractivity (Wildman–Crippen MR) is 70.4 cm³/mol. The van der Waals surface area contributed by atoms with Crippen LogP contribution in [0.2, 0.25) is 0 Å². The van der Waals surface area contributed by atoms with Gasteiger partial charge in [0.1, 0.15) is 0 Å². The summed E-state index contributed by atoms with van der Waals surface area (Å²) in [6, 6.07) is 4.72. The van der Waals surface area contributed by atoms with Crippen molar-refractivity contribution in [3.8, 4) is 0 Å². The van der Waals surface area contributed by atoms with Crippen molar-refractivity contribution in [3.63, 3.8) is 0 Å². The first-order chi connectivity index (χ1) is 8.43. The number of anilines is 1. The van der Waals surface area contributed by atoms with Gasteiger partial charge in [-0.1, -0.05) is 6.07 Å². The zero-order valence-corrected chi connectivity index (χ0v) is 11.6. The molecule has 0 aliphatic carbocycles. The molecule has 0 fully saturated rings. The number of fused-ring (bicyclic) bond motifs is 1. The third-order valence-electron chi connectivity index (χ3n) is 3.08. The average Bonchev–Trinajstić information content (AvgIpc) is 2.45. The Bertz CT molecular complexity index is 583. The van der Waals surface area contributed by atoms with Crippen LogP contribution in [-0.4, -0.2) is 20.9 Å². The average molecular weight is 288 g/mol. The van der Waals surface area contributed by atoms with Crippen LogP contribution in [0.25, 0.3) is 0 Å². The molecule has 0 unspecified atom stereocenters. The number of halogens is 1. The van der Waals surface area contributed by atoms with E-state index in [4.69, 9.17) is 10.7 Å². The highest BCUT2D eigenvalue weighted by Crippen LogP contribution is 2.30. The molecule has 18 heavy (non-hydrogen) atoms. The largest absolute Gasteiger partial charge is 0.312 e. The number of carbonyl (C=O) groups excluding carboxylic acids is 1. The highest BCUT2D eigenvalue weighted by Gasteiger charge is 2.22. The summed E-state index contributed by atoms with van der Waals surface area (Å²) < 4.78 is 22.7. The van der Waals surface area contributed by atoms with Gasteiger partial charge in [0.25, 0.3) is 9.05 Å². The molecule has 1 aliphatic heterocycles. The normalized spacial score (nSPS) is 16.3. The van der Waals surface area contributed by atoms with E-state index in [2.05, 4.69) is 0 Å². The van der Waals surface area contributed by atoms with Gasteiger partial charge >= 0.3 is 0 Å². The van der Waals surface area contributed by atoms with Crippen LogP contribution in [-0.2, 0) is 20.3 Å². The van der Waals surface area contributed by atoms with Gasteiger partial charge in [0, 0.05) is 29.3 Å². The second kappa shape index (κ2) is 4.90. The molecule has 0 atom stereocenters. The minimum absolute atomic E-state index is 0.0281. The Hall–Kier alpha value is -1.07. The summed E-state index contributed by atoms with van der Waals surface area (Å²) in [6.07, 6.45) is 2.06. The molecular formula is C12H14ClNO3S. The molecule has 0 bridgehead atoms. The maximum absolute atomic E-state index is 11.9. The van der Waals surface area contributed by atoms with E-state index in [1.165, 1.54) is 12.1 Å². The Labute approximate surface area is 111 Å². The Kier molecular flexibility index (Phi) is 3.64. The lowest BCUT2D eigenvalue weighted by Gasteiger charge is -2.21. The lowest BCUT2D eigenvalue weighted by atomic mass is 10.1. The standard InChI is InChI=1S/C12H14ClNO3S/c1-2-14-11-8-10(18(13,16)17)7-6-9(11)4-3-5-12(14)15/h6-8H,2-5H2,1H3. The van der Waals surface area contributed by atoms with Crippen molar-refractivity contribution in [3.05, 3.63) is 23.8 Å². The summed E-state index contributed by atoms with van der Waals surface area (Å²) in [7, 11) is 1.57. The second-order valence-corrected chi connectivity index (χ2v) is 6.79. The fraction of sp³-hybridized carbons (Fsp3) is 0.417. The van der Waals surface area contributed by atoms with Crippen molar-refractivity contribution >= 4 is 31.3 Å². The Balaban J connectivity index is 2.58. The SMILES string of the molecule is CCN1C(=O)CCCc2ccc(S(=O)(=O)Cl)cc21. The Morgan fingerprint density at radius 3 is 2.67 bits per heavy atom. The van der Waals surface area contributed by atoms with Gasteiger partial charge in [-0.25, -0.2) is 8.42 Å². The van der Waals surface area contributed by atoms with Crippen LogP contribution in [0.4, 0.5) is 5.69 Å². The molecule has 6 heteroatoms. The first-order valence-electron chi connectivity index (χ1n) is 5.81. The molecule has 0 N–H and O–H groups in total. The highest BCUT2D eigenvalue weighted by atomic mass is 35.7. The van der Waals surface area contributed by atoms with Gasteiger partial charge in [0.05, 0.1) is 4.90 Å². The van der Waals surface area contributed by atoms with Crippen LogP contribution in [0, 0.1) is 0 Å². The lowest BCUT2D eigenvalue weighted by Crippen LogP contribution is -2.29. The zero-order chi connectivity index (χ0) is 13.3. The van der Waals surface area contributed by atoms with Crippen LogP contribution in [0.5, 0.6) is 0 Å². The summed E-state index contributed by atoms with van der Waals surface area (Å²) in [4.78, 5) is 13.6. The number of carbonyl (C=O) groups is 1. The second-order valence-electron chi connectivity index (χ2n) is 4.22. The van der Waals surface area contributed by atoms with Crippen molar-refractivity contribution < 1.29 is 13.2 Å². The molecule has 0 spiro atoms. The quantitative estimate of drug-likeness (QED) is 0.784. The van der Waals surface area contributed by atoms with E-state index in [-0.39, 0.29) is 10.8 Å². The molecule has 0 saturated carbocycles. The van der Waals surface area contributed by atoms with E-state index >= 15 is 0 Å². The minimum Gasteiger partial charge on any atom is -0.312 e. The van der Waals surface area contributed by atoms with E-state index in [1.54, 1.807) is 11.0 Å². The van der Waals surface area contributed by atoms with Crippen LogP contribution in [0.15, 0.2) is 23.1 Å². The summed E-state index contributed by atoms with van der Waals surface area (Å²) in [5, 5.41) is 0. The molecule has 0 radical (unpaired) electrons. The maximum Gasteiger partial charge on any atom is 0.261 e. The first-order valence-corrected chi connectivity index (χ1v) is 8.12. The van der Waals surface area contributed by atoms with Crippen LogP contribution in [0.3, 0.4) is 0 Å². The highest BCUT2D eigenvalue weighted by molar-refractivity contribution is 8.13. The molecule has 2 rings (SSSR count). The van der Waals surface area contributed by atoms with E-state index in [1.807, 2.05) is 6.92 Å². The fourth-order valence-electron chi connectivity index (χ4n) is 2.20. The lowest BCUT2D eigenvalue weighted by molar-refractivity contribution is -0.118. The monoisotopic (exact) mass is 287 g/mol. The van der Waals surface area contributed by atoms with Gasteiger partial charge < -0.3 is 4.90 Å². The van der Waals surface area contributed by atoms with E-state index in [0.717, 1.165) is 18.4 Å². The van der Waals surface area contributed by atoms with Gasteiger partial charge in [-0.05, 0) is 37.5 Å². The molecule has 98 valence electrons. The smallest absolute Gasteiger partial charge is 0.261 e. The number of amides is 1. The molecule has 0 saturated heterocycles. The van der Waals surface area contributed by atoms with Gasteiger partial charge in [-0.15, -0.1) is 0 Å². The third-order valence-corrected chi connectivity index (χ3v) is 4.43. The van der Waals surface area contributed by atoms with E-state index < -0.39 is 9.05 Å². The van der Waals surface area contributed by atoms with Crippen molar-refractivity contribution in [2.45, 2.75) is 31.1 Å². The fourth-order valence-corrected chi connectivity index (χ4v) is 2.97. The number of benzene rings is 1. The molecule has 1 aromatic rings. The van der Waals surface area contributed by atoms with Gasteiger partial charge in [-0.3, -0.25) is 4.79 Å². The van der Waals surface area contributed by atoms with E-state index in [9.17, 15) is 13.2 Å². The number of hydrogen-bond acceptors (Lipinski definition) is 3. The summed E-state index contributed by atoms with van der Waals surface area (Å²) >= 11 is 0. The number of nitrogens with zero attached hydrogens (tertiary/aromatic N) is 1. The van der Waals surface area contributed by atoms with Crippen molar-refractivity contribution in [2.24, 2.45) is 0 Å². The summed E-state index contributed by atoms with van der Waals surface area (Å²) in [5.74, 6) is 0.0281. The van der Waals surface area contributed by atoms with Crippen molar-refractivity contribution in [1.29, 1.82) is 0 Å². The molecule has 4 nitrogen and oxygen atoms in total. The Morgan fingerprint density at radius 2 is 2.06 bits per heavy atom. The summed E-state index contributed by atoms with van der Waals surface area (Å²) in [5.41, 5.74) is 1.66. The molecule has 0 aromatic heterocycles. The molecular weight excluding hydrogens is 274 g/mol. The predicted octanol–water partition coefficient (Wildman–Crippen LogP) is 2.30. The molecule has 1 aromatic carbocycles. The maximum atomic E-state index is 11.9. The van der Waals surface area contributed by atoms with Crippen LogP contribution >= 0.6 is 10.7 Å². The number of hydrogen-bond donors (Lipinski definition) is 0. The van der Waals surface area contributed by atoms with Gasteiger partial charge in [-0.2, -0.15) is 0 Å². The number of aryl methyl sites for hydroxylation is 1. The molecule has 1 heterocycles. The minimum atomic E-state index is -3.76. The van der Waals surface area contributed by atoms with Gasteiger partial charge in [0.15, 0.2) is 0 Å². The Morgan fingerprint density at radius 1 is 1.33 bits per heavy atom. The summed E-state index contributed by atoms with van der Waals surface area (Å²) in [6.45, 7) is 2.40. The van der Waals surface area contributed by atoms with Crippen molar-refractivity contribution in [1.82, 2.24) is 0 Å². The first kappa shape index (κ1) is 13.4. The van der Waals surface area contributed by atoms with E-state index in [0.29, 0.717) is 18.7 Å². The topological polar surface area (TPSA) is 54.5 Å². The number of rotatable bonds is 2. The van der Waals surface area contributed by atoms with Crippen LogP contribution < -0.4 is 4.90 Å². The van der Waals surface area contributed by atoms with Gasteiger partial charge in [0.2, 0.25) is 5.91 Å². The van der Waals surface area contributed by atoms with Crippen molar-refractivity contribution in [2.75, 3.05) is 11.4 Å². The zero-order valence-electron chi connectivity index (χ0n) is 10.0.